The van der Waals surface area contributed by atoms with E-state index in [2.05, 4.69) is 11.4 Å². The number of Topliss-reactive ketones (excluding diaryl/α,β-unsaturated/α-hetero) is 1. The monoisotopic (exact) mass is 414 g/mol. The number of nitriles is 1. The smallest absolute Gasteiger partial charge is 0.245 e. The second kappa shape index (κ2) is 6.54. The molecule has 2 heterocycles. The molecule has 3 N–H and O–H groups in total. The zero-order valence-corrected chi connectivity index (χ0v) is 16.8. The van der Waals surface area contributed by atoms with Crippen LogP contribution in [-0.4, -0.2) is 11.7 Å². The van der Waals surface area contributed by atoms with Crippen LogP contribution in [0, 0.1) is 24.1 Å². The third kappa shape index (κ3) is 2.36. The number of allylic oxidation sites excluding steroid dienone is 1. The van der Waals surface area contributed by atoms with Crippen molar-refractivity contribution in [3.05, 3.63) is 82.1 Å². The van der Waals surface area contributed by atoms with Crippen molar-refractivity contribution in [1.82, 2.24) is 0 Å². The van der Waals surface area contributed by atoms with Gasteiger partial charge in [0.15, 0.2) is 5.78 Å². The van der Waals surface area contributed by atoms with Crippen LogP contribution >= 0.6 is 0 Å². The molecular formula is C24H19FN4O2. The lowest BCUT2D eigenvalue weighted by atomic mass is 9.63. The number of amides is 1. The maximum atomic E-state index is 14.8. The van der Waals surface area contributed by atoms with E-state index in [9.17, 15) is 19.2 Å². The lowest BCUT2D eigenvalue weighted by Gasteiger charge is -2.43. The summed E-state index contributed by atoms with van der Waals surface area (Å²) in [7, 11) is 0. The summed E-state index contributed by atoms with van der Waals surface area (Å²) in [5, 5.41) is 13.0. The molecule has 1 spiro atoms. The molecule has 0 radical (unpaired) electrons. The van der Waals surface area contributed by atoms with Crippen molar-refractivity contribution in [2.45, 2.75) is 31.6 Å². The fourth-order valence-electron chi connectivity index (χ4n) is 5.01. The number of ketones is 1. The van der Waals surface area contributed by atoms with Gasteiger partial charge in [-0.2, -0.15) is 5.26 Å². The molecule has 154 valence electrons. The molecule has 2 aromatic rings. The summed E-state index contributed by atoms with van der Waals surface area (Å²) in [6.45, 7) is 1.88. The molecule has 7 heteroatoms. The largest absolute Gasteiger partial charge is 0.384 e. The molecule has 0 unspecified atom stereocenters. The van der Waals surface area contributed by atoms with Crippen molar-refractivity contribution in [2.75, 3.05) is 10.2 Å². The first-order chi connectivity index (χ1) is 14.9. The van der Waals surface area contributed by atoms with Crippen molar-refractivity contribution in [2.24, 2.45) is 5.73 Å². The van der Waals surface area contributed by atoms with Crippen LogP contribution in [0.15, 0.2) is 65.1 Å². The van der Waals surface area contributed by atoms with E-state index in [0.717, 1.165) is 5.56 Å². The number of rotatable bonds is 1. The lowest BCUT2D eigenvalue weighted by molar-refractivity contribution is -0.122. The van der Waals surface area contributed by atoms with Gasteiger partial charge in [-0.3, -0.25) is 14.5 Å². The maximum Gasteiger partial charge on any atom is 0.245 e. The maximum absolute atomic E-state index is 14.8. The van der Waals surface area contributed by atoms with Crippen LogP contribution in [0.3, 0.4) is 0 Å². The second-order valence-electron chi connectivity index (χ2n) is 8.01. The Kier molecular flexibility index (Phi) is 4.02. The standard InChI is InChI=1S/C24H19FN4O2/c1-13-9-10-17-14(11-13)24(23(31)28-17)15(12-26)22(27)29(18-6-3-2-5-16(18)25)19-7-4-8-20(30)21(19)24/h2-3,5-6,9-11H,4,7-8,27H2,1H3,(H,28,31)/t24-/m0/s1. The average molecular weight is 414 g/mol. The highest BCUT2D eigenvalue weighted by Gasteiger charge is 2.60. The molecule has 3 aliphatic rings. The Morgan fingerprint density at radius 1 is 1.19 bits per heavy atom. The van der Waals surface area contributed by atoms with Crippen LogP contribution in [0.2, 0.25) is 0 Å². The summed E-state index contributed by atoms with van der Waals surface area (Å²) < 4.78 is 14.8. The predicted molar refractivity (Wildman–Crippen MR) is 113 cm³/mol. The molecule has 6 nitrogen and oxygen atoms in total. The van der Waals surface area contributed by atoms with Gasteiger partial charge in [-0.15, -0.1) is 0 Å². The van der Waals surface area contributed by atoms with Gasteiger partial charge in [0.05, 0.1) is 11.3 Å². The van der Waals surface area contributed by atoms with Gasteiger partial charge in [-0.1, -0.05) is 29.8 Å². The molecular weight excluding hydrogens is 395 g/mol. The number of hydrogen-bond donors (Lipinski definition) is 2. The molecule has 1 amide bonds. The van der Waals surface area contributed by atoms with Crippen molar-refractivity contribution in [3.8, 4) is 6.07 Å². The Balaban J connectivity index is 1.91. The first-order valence-electron chi connectivity index (χ1n) is 10.1. The number of fused-ring (bicyclic) bond motifs is 3. The fraction of sp³-hybridized carbons (Fsp3) is 0.208. The van der Waals surface area contributed by atoms with Gasteiger partial charge in [-0.25, -0.2) is 4.39 Å². The number of nitrogens with zero attached hydrogens (tertiary/aromatic N) is 2. The number of aryl methyl sites for hydroxylation is 1. The second-order valence-corrected chi connectivity index (χ2v) is 8.01. The van der Waals surface area contributed by atoms with Gasteiger partial charge in [-0.05, 0) is 38.0 Å². The van der Waals surface area contributed by atoms with Gasteiger partial charge in [0.25, 0.3) is 0 Å². The minimum absolute atomic E-state index is 0.0365. The molecule has 1 atom stereocenters. The molecule has 0 fully saturated rings. The number of carbonyl (C=O) groups is 2. The van der Waals surface area contributed by atoms with Crippen LogP contribution < -0.4 is 16.0 Å². The van der Waals surface area contributed by atoms with E-state index in [1.165, 1.54) is 11.0 Å². The third-order valence-electron chi connectivity index (χ3n) is 6.27. The van der Waals surface area contributed by atoms with E-state index >= 15 is 0 Å². The zero-order valence-electron chi connectivity index (χ0n) is 16.8. The summed E-state index contributed by atoms with van der Waals surface area (Å²) >= 11 is 0. The van der Waals surface area contributed by atoms with Gasteiger partial charge < -0.3 is 11.1 Å². The van der Waals surface area contributed by atoms with E-state index < -0.39 is 17.1 Å². The number of halogens is 1. The van der Waals surface area contributed by atoms with Gasteiger partial charge in [0, 0.05) is 28.9 Å². The first-order valence-corrected chi connectivity index (χ1v) is 10.1. The van der Waals surface area contributed by atoms with Crippen LogP contribution in [0.1, 0.15) is 30.4 Å². The third-order valence-corrected chi connectivity index (χ3v) is 6.27. The molecule has 31 heavy (non-hydrogen) atoms. The number of anilines is 2. The van der Waals surface area contributed by atoms with E-state index in [-0.39, 0.29) is 34.9 Å². The van der Waals surface area contributed by atoms with Crippen LogP contribution in [0.25, 0.3) is 0 Å². The average Bonchev–Trinajstić information content (AvgIpc) is 3.01. The number of benzene rings is 2. The highest BCUT2D eigenvalue weighted by molar-refractivity contribution is 6.19. The van der Waals surface area contributed by atoms with Crippen molar-refractivity contribution < 1.29 is 14.0 Å². The van der Waals surface area contributed by atoms with Crippen molar-refractivity contribution >= 4 is 23.1 Å². The molecule has 1 aliphatic carbocycles. The SMILES string of the molecule is Cc1ccc2c(c1)[C@]1(C(=O)N2)C(C#N)=C(N)N(c2ccccc2F)C2=C1C(=O)CCC2. The summed E-state index contributed by atoms with van der Waals surface area (Å²) in [6.07, 6.45) is 1.24. The molecule has 2 aromatic carbocycles. The minimum Gasteiger partial charge on any atom is -0.384 e. The normalized spacial score (nSPS) is 22.4. The quantitative estimate of drug-likeness (QED) is 0.744. The number of hydrogen-bond acceptors (Lipinski definition) is 5. The van der Waals surface area contributed by atoms with E-state index in [1.807, 2.05) is 19.1 Å². The molecule has 0 saturated carbocycles. The molecule has 0 bridgehead atoms. The molecule has 5 rings (SSSR count). The van der Waals surface area contributed by atoms with Crippen LogP contribution in [0.4, 0.5) is 15.8 Å². The van der Waals surface area contributed by atoms with E-state index in [0.29, 0.717) is 29.8 Å². The minimum atomic E-state index is -1.63. The topological polar surface area (TPSA) is 99.2 Å². The molecule has 2 aliphatic heterocycles. The molecule has 0 aromatic heterocycles. The summed E-state index contributed by atoms with van der Waals surface area (Å²) in [5.41, 5.74) is 7.59. The number of nitrogens with two attached hydrogens (primary N) is 1. The van der Waals surface area contributed by atoms with E-state index in [1.54, 1.807) is 24.3 Å². The van der Waals surface area contributed by atoms with Crippen molar-refractivity contribution in [3.63, 3.8) is 0 Å². The van der Waals surface area contributed by atoms with Crippen LogP contribution in [0.5, 0.6) is 0 Å². The predicted octanol–water partition coefficient (Wildman–Crippen LogP) is 3.55. The number of nitrogens with one attached hydrogen (secondary N) is 1. The Bertz CT molecular complexity index is 1290. The summed E-state index contributed by atoms with van der Waals surface area (Å²) in [6, 6.07) is 13.6. The lowest BCUT2D eigenvalue weighted by Crippen LogP contribution is -2.51. The Morgan fingerprint density at radius 2 is 1.97 bits per heavy atom. The zero-order chi connectivity index (χ0) is 21.9. The Labute approximate surface area is 178 Å². The van der Waals surface area contributed by atoms with Gasteiger partial charge in [0.1, 0.15) is 23.1 Å². The highest BCUT2D eigenvalue weighted by atomic mass is 19.1. The van der Waals surface area contributed by atoms with Gasteiger partial charge >= 0.3 is 0 Å². The fourth-order valence-corrected chi connectivity index (χ4v) is 5.01. The van der Waals surface area contributed by atoms with Crippen molar-refractivity contribution in [1.29, 1.82) is 5.26 Å². The number of carbonyl (C=O) groups excluding carboxylic acids is 2. The summed E-state index contributed by atoms with van der Waals surface area (Å²) in [5.74, 6) is -1.28. The first kappa shape index (κ1) is 19.1. The number of para-hydroxylation sites is 1. The highest BCUT2D eigenvalue weighted by Crippen LogP contribution is 2.55. The van der Waals surface area contributed by atoms with E-state index in [4.69, 9.17) is 5.73 Å². The Morgan fingerprint density at radius 3 is 2.71 bits per heavy atom. The summed E-state index contributed by atoms with van der Waals surface area (Å²) in [4.78, 5) is 28.3. The molecule has 0 saturated heterocycles. The van der Waals surface area contributed by atoms with Gasteiger partial charge in [0.2, 0.25) is 5.91 Å². The van der Waals surface area contributed by atoms with Crippen LogP contribution in [-0.2, 0) is 15.0 Å². The Hall–Kier alpha value is -3.92.